The molecule has 2 rings (SSSR count). The number of hydroxylamine groups is 1. The van der Waals surface area contributed by atoms with Crippen LogP contribution in [0.5, 0.6) is 5.75 Å². The van der Waals surface area contributed by atoms with Gasteiger partial charge in [0, 0.05) is 6.54 Å². The van der Waals surface area contributed by atoms with Crippen LogP contribution in [0.4, 0.5) is 0 Å². The van der Waals surface area contributed by atoms with Gasteiger partial charge in [-0.1, -0.05) is 42.5 Å². The fraction of sp³-hybridized carbons (Fsp3) is 0.188. The van der Waals surface area contributed by atoms with Crippen LogP contribution in [0.2, 0.25) is 0 Å². The quantitative estimate of drug-likeness (QED) is 0.619. The Labute approximate surface area is 118 Å². The first-order valence-electron chi connectivity index (χ1n) is 6.36. The lowest BCUT2D eigenvalue weighted by Gasteiger charge is -2.07. The van der Waals surface area contributed by atoms with Crippen LogP contribution < -0.4 is 10.2 Å². The Morgan fingerprint density at radius 1 is 1.00 bits per heavy atom. The van der Waals surface area contributed by atoms with Crippen molar-refractivity contribution in [2.45, 2.75) is 13.2 Å². The summed E-state index contributed by atoms with van der Waals surface area (Å²) in [7, 11) is 0. The first kappa shape index (κ1) is 14.1. The summed E-state index contributed by atoms with van der Waals surface area (Å²) < 4.78 is 5.24. The molecule has 0 radical (unpaired) electrons. The third-order valence-corrected chi connectivity index (χ3v) is 2.66. The van der Waals surface area contributed by atoms with Crippen LogP contribution in [0.3, 0.4) is 0 Å². The molecule has 0 bridgehead atoms. The average Bonchev–Trinajstić information content (AvgIpc) is 2.51. The van der Waals surface area contributed by atoms with Gasteiger partial charge in [0.25, 0.3) is 0 Å². The lowest BCUT2D eigenvalue weighted by Crippen LogP contribution is -2.13. The number of nitrogens with one attached hydrogen (secondary N) is 1. The summed E-state index contributed by atoms with van der Waals surface area (Å²) in [6.07, 6.45) is 0. The third kappa shape index (κ3) is 4.73. The number of nitriles is 1. The molecule has 0 aliphatic rings. The van der Waals surface area contributed by atoms with Crippen molar-refractivity contribution in [3.8, 4) is 11.8 Å². The lowest BCUT2D eigenvalue weighted by atomic mass is 10.2. The summed E-state index contributed by atoms with van der Waals surface area (Å²) in [4.78, 5) is 5.40. The maximum Gasteiger partial charge on any atom is 0.174 e. The molecule has 4 heteroatoms. The smallest absolute Gasteiger partial charge is 0.174 e. The lowest BCUT2D eigenvalue weighted by molar-refractivity contribution is 0.0235. The Morgan fingerprint density at radius 2 is 1.80 bits per heavy atom. The van der Waals surface area contributed by atoms with Gasteiger partial charge < -0.3 is 4.74 Å². The Morgan fingerprint density at radius 3 is 2.60 bits per heavy atom. The summed E-state index contributed by atoms with van der Waals surface area (Å²) in [5, 5.41) is 8.47. The van der Waals surface area contributed by atoms with E-state index in [-0.39, 0.29) is 6.61 Å². The van der Waals surface area contributed by atoms with Gasteiger partial charge in [-0.15, -0.1) is 0 Å². The van der Waals surface area contributed by atoms with Gasteiger partial charge in [-0.2, -0.15) is 10.7 Å². The van der Waals surface area contributed by atoms with Gasteiger partial charge in [0.15, 0.2) is 6.61 Å². The van der Waals surface area contributed by atoms with E-state index in [0.29, 0.717) is 18.9 Å². The molecule has 0 fully saturated rings. The predicted molar refractivity (Wildman–Crippen MR) is 75.6 cm³/mol. The minimum absolute atomic E-state index is 0.0569. The molecule has 0 atom stereocenters. The second-order valence-electron chi connectivity index (χ2n) is 4.19. The Kier molecular flexibility index (Phi) is 5.59. The number of rotatable bonds is 7. The molecule has 2 aromatic carbocycles. The van der Waals surface area contributed by atoms with Crippen molar-refractivity contribution in [1.82, 2.24) is 5.48 Å². The first-order chi connectivity index (χ1) is 9.88. The van der Waals surface area contributed by atoms with Crippen molar-refractivity contribution in [1.29, 1.82) is 5.26 Å². The van der Waals surface area contributed by atoms with Crippen LogP contribution in [-0.4, -0.2) is 6.61 Å². The molecular formula is C16H16N2O2. The molecule has 1 N–H and O–H groups in total. The van der Waals surface area contributed by atoms with Crippen molar-refractivity contribution in [2.75, 3.05) is 6.61 Å². The summed E-state index contributed by atoms with van der Waals surface area (Å²) in [5.41, 5.74) is 5.07. The molecule has 20 heavy (non-hydrogen) atoms. The Bertz CT molecular complexity index is 564. The highest BCUT2D eigenvalue weighted by Gasteiger charge is 1.97. The maximum atomic E-state index is 8.47. The largest absolute Gasteiger partial charge is 0.479 e. The standard InChI is InChI=1S/C16H16N2O2/c17-9-10-19-16-8-4-7-15(11-16)12-18-20-13-14-5-2-1-3-6-14/h1-8,11,18H,10,12-13H2. The summed E-state index contributed by atoms with van der Waals surface area (Å²) in [5.74, 6) is 0.689. The van der Waals surface area contributed by atoms with Gasteiger partial charge in [0.1, 0.15) is 11.8 Å². The highest BCUT2D eigenvalue weighted by atomic mass is 16.6. The number of benzene rings is 2. The van der Waals surface area contributed by atoms with Gasteiger partial charge >= 0.3 is 0 Å². The summed E-state index contributed by atoms with van der Waals surface area (Å²) in [6, 6.07) is 19.5. The third-order valence-electron chi connectivity index (χ3n) is 2.66. The second kappa shape index (κ2) is 7.95. The van der Waals surface area contributed by atoms with Gasteiger partial charge in [-0.3, -0.25) is 4.84 Å². The molecule has 2 aromatic rings. The van der Waals surface area contributed by atoms with E-state index in [2.05, 4.69) is 5.48 Å². The van der Waals surface area contributed by atoms with Gasteiger partial charge in [-0.25, -0.2) is 0 Å². The van der Waals surface area contributed by atoms with Gasteiger partial charge in [0.05, 0.1) is 6.61 Å². The highest BCUT2D eigenvalue weighted by Crippen LogP contribution is 2.13. The number of ether oxygens (including phenoxy) is 1. The van der Waals surface area contributed by atoms with Crippen molar-refractivity contribution in [3.05, 3.63) is 65.7 Å². The SMILES string of the molecule is N#CCOc1cccc(CNOCc2ccccc2)c1. The van der Waals surface area contributed by atoms with Crippen LogP contribution in [-0.2, 0) is 18.0 Å². The molecular weight excluding hydrogens is 252 g/mol. The average molecular weight is 268 g/mol. The van der Waals surface area contributed by atoms with Crippen LogP contribution >= 0.6 is 0 Å². The first-order valence-corrected chi connectivity index (χ1v) is 6.36. The molecule has 0 unspecified atom stereocenters. The van der Waals surface area contributed by atoms with E-state index in [4.69, 9.17) is 14.8 Å². The Hall–Kier alpha value is -2.35. The van der Waals surface area contributed by atoms with Crippen molar-refractivity contribution in [3.63, 3.8) is 0 Å². The van der Waals surface area contributed by atoms with E-state index in [9.17, 15) is 0 Å². The molecule has 0 saturated carbocycles. The molecule has 0 heterocycles. The second-order valence-corrected chi connectivity index (χ2v) is 4.19. The number of hydrogen-bond acceptors (Lipinski definition) is 4. The minimum atomic E-state index is 0.0569. The maximum absolute atomic E-state index is 8.47. The molecule has 0 aromatic heterocycles. The molecule has 102 valence electrons. The fourth-order valence-electron chi connectivity index (χ4n) is 1.70. The normalized spacial score (nSPS) is 9.95. The van der Waals surface area contributed by atoms with E-state index >= 15 is 0 Å². The number of hydrogen-bond donors (Lipinski definition) is 1. The van der Waals surface area contributed by atoms with Crippen molar-refractivity contribution in [2.24, 2.45) is 0 Å². The zero-order valence-electron chi connectivity index (χ0n) is 11.1. The monoisotopic (exact) mass is 268 g/mol. The summed E-state index contributed by atoms with van der Waals surface area (Å²) in [6.45, 7) is 1.16. The molecule has 0 aliphatic carbocycles. The number of nitrogens with zero attached hydrogens (tertiary/aromatic N) is 1. The van der Waals surface area contributed by atoms with Gasteiger partial charge in [-0.05, 0) is 23.3 Å². The Balaban J connectivity index is 1.75. The molecule has 4 nitrogen and oxygen atoms in total. The fourth-order valence-corrected chi connectivity index (χ4v) is 1.70. The van der Waals surface area contributed by atoms with Crippen LogP contribution in [0, 0.1) is 11.3 Å². The van der Waals surface area contributed by atoms with Gasteiger partial charge in [0.2, 0.25) is 0 Å². The summed E-state index contributed by atoms with van der Waals surface area (Å²) >= 11 is 0. The van der Waals surface area contributed by atoms with E-state index in [1.165, 1.54) is 0 Å². The van der Waals surface area contributed by atoms with Crippen LogP contribution in [0.1, 0.15) is 11.1 Å². The topological polar surface area (TPSA) is 54.3 Å². The van der Waals surface area contributed by atoms with Crippen LogP contribution in [0.15, 0.2) is 54.6 Å². The van der Waals surface area contributed by atoms with Crippen molar-refractivity contribution >= 4 is 0 Å². The van der Waals surface area contributed by atoms with Crippen LogP contribution in [0.25, 0.3) is 0 Å². The molecule has 0 amide bonds. The minimum Gasteiger partial charge on any atom is -0.479 e. The molecule has 0 spiro atoms. The predicted octanol–water partition coefficient (Wildman–Crippen LogP) is 2.81. The van der Waals surface area contributed by atoms with E-state index < -0.39 is 0 Å². The van der Waals surface area contributed by atoms with E-state index in [1.807, 2.05) is 60.7 Å². The van der Waals surface area contributed by atoms with E-state index in [1.54, 1.807) is 0 Å². The van der Waals surface area contributed by atoms with E-state index in [0.717, 1.165) is 11.1 Å². The molecule has 0 aliphatic heterocycles. The van der Waals surface area contributed by atoms with Crippen molar-refractivity contribution < 1.29 is 9.57 Å². The zero-order valence-corrected chi connectivity index (χ0v) is 11.1. The zero-order chi connectivity index (χ0) is 14.0. The molecule has 0 saturated heterocycles. The highest BCUT2D eigenvalue weighted by molar-refractivity contribution is 5.28.